The summed E-state index contributed by atoms with van der Waals surface area (Å²) in [4.78, 5) is 11.5. The van der Waals surface area contributed by atoms with Crippen molar-refractivity contribution in [1.82, 2.24) is 5.32 Å². The number of nitrogens with one attached hydrogen (secondary N) is 1. The van der Waals surface area contributed by atoms with Gasteiger partial charge in [-0.25, -0.2) is 0 Å². The zero-order valence-corrected chi connectivity index (χ0v) is 11.3. The Morgan fingerprint density at radius 3 is 2.75 bits per heavy atom. The second-order valence-corrected chi connectivity index (χ2v) is 5.05. The molecule has 0 radical (unpaired) electrons. The van der Waals surface area contributed by atoms with Gasteiger partial charge in [0.25, 0.3) is 0 Å². The lowest BCUT2D eigenvalue weighted by molar-refractivity contribution is -0.122. The summed E-state index contributed by atoms with van der Waals surface area (Å²) in [6.45, 7) is 4.31. The predicted octanol–water partition coefficient (Wildman–Crippen LogP) is 1.96. The highest BCUT2D eigenvalue weighted by molar-refractivity contribution is 7.07. The minimum atomic E-state index is -0.300. The molecule has 1 amide bonds. The van der Waals surface area contributed by atoms with E-state index in [1.165, 1.54) is 5.56 Å². The Morgan fingerprint density at radius 2 is 2.25 bits per heavy atom. The number of carbonyl (C=O) groups is 1. The molecule has 5 heteroatoms. The molecule has 0 unspecified atom stereocenters. The second-order valence-electron chi connectivity index (χ2n) is 4.27. The Morgan fingerprint density at radius 1 is 1.56 bits per heavy atom. The van der Waals surface area contributed by atoms with Crippen molar-refractivity contribution in [3.8, 4) is 0 Å². The van der Waals surface area contributed by atoms with Gasteiger partial charge in [0.05, 0.1) is 0 Å². The number of carbonyl (C=O) groups excluding carboxylic acids is 1. The summed E-state index contributed by atoms with van der Waals surface area (Å²) >= 11 is 1.66. The molecule has 1 aromatic heterocycles. The number of hydrogen-bond donors (Lipinski definition) is 2. The topological polar surface area (TPSA) is 55.1 Å². The van der Waals surface area contributed by atoms with Crippen molar-refractivity contribution >= 4 is 29.7 Å². The van der Waals surface area contributed by atoms with E-state index in [-0.39, 0.29) is 23.9 Å². The third-order valence-corrected chi connectivity index (χ3v) is 2.94. The van der Waals surface area contributed by atoms with Crippen LogP contribution in [0.25, 0.3) is 0 Å². The van der Waals surface area contributed by atoms with Crippen molar-refractivity contribution in [2.75, 3.05) is 6.54 Å². The number of nitrogens with two attached hydrogens (primary N) is 1. The van der Waals surface area contributed by atoms with Gasteiger partial charge in [0.15, 0.2) is 0 Å². The van der Waals surface area contributed by atoms with Gasteiger partial charge in [-0.05, 0) is 42.7 Å². The summed E-state index contributed by atoms with van der Waals surface area (Å²) in [5.41, 5.74) is 6.46. The van der Waals surface area contributed by atoms with Gasteiger partial charge in [-0.3, -0.25) is 4.79 Å². The van der Waals surface area contributed by atoms with Crippen LogP contribution in [0.2, 0.25) is 0 Å². The lowest BCUT2D eigenvalue weighted by atomic mass is 10.1. The highest BCUT2D eigenvalue weighted by atomic mass is 35.5. The van der Waals surface area contributed by atoms with E-state index in [2.05, 4.69) is 10.7 Å². The maximum absolute atomic E-state index is 11.5. The maximum Gasteiger partial charge on any atom is 0.220 e. The summed E-state index contributed by atoms with van der Waals surface area (Å²) in [5.74, 6) is 0.0663. The van der Waals surface area contributed by atoms with Crippen LogP contribution < -0.4 is 11.1 Å². The molecule has 0 aliphatic heterocycles. The Balaban J connectivity index is 0.00000225. The normalized spacial score (nSPS) is 10.7. The number of rotatable bonds is 5. The van der Waals surface area contributed by atoms with Crippen LogP contribution in [0.1, 0.15) is 25.8 Å². The van der Waals surface area contributed by atoms with Gasteiger partial charge in [-0.15, -0.1) is 12.4 Å². The Kier molecular flexibility index (Phi) is 6.64. The fourth-order valence-electron chi connectivity index (χ4n) is 1.18. The first-order chi connectivity index (χ1) is 7.03. The number of halogens is 1. The SMILES string of the molecule is CC(C)(CN)NC(=O)CCc1ccsc1.Cl. The average molecular weight is 263 g/mol. The number of thiophene rings is 1. The second kappa shape index (κ2) is 6.89. The molecule has 3 N–H and O–H groups in total. The highest BCUT2D eigenvalue weighted by Gasteiger charge is 2.17. The molecular formula is C11H19ClN2OS. The molecule has 0 saturated heterocycles. The molecule has 0 spiro atoms. The van der Waals surface area contributed by atoms with Gasteiger partial charge in [0, 0.05) is 18.5 Å². The van der Waals surface area contributed by atoms with E-state index < -0.39 is 0 Å². The zero-order valence-electron chi connectivity index (χ0n) is 9.66. The van der Waals surface area contributed by atoms with Gasteiger partial charge in [0.2, 0.25) is 5.91 Å². The van der Waals surface area contributed by atoms with Gasteiger partial charge in [-0.1, -0.05) is 0 Å². The number of amides is 1. The highest BCUT2D eigenvalue weighted by Crippen LogP contribution is 2.08. The van der Waals surface area contributed by atoms with Crippen LogP contribution >= 0.6 is 23.7 Å². The van der Waals surface area contributed by atoms with Crippen LogP contribution in [0.5, 0.6) is 0 Å². The Bertz CT molecular complexity index is 312. The molecule has 0 bridgehead atoms. The minimum absolute atomic E-state index is 0. The molecule has 92 valence electrons. The smallest absolute Gasteiger partial charge is 0.220 e. The van der Waals surface area contributed by atoms with Crippen molar-refractivity contribution < 1.29 is 4.79 Å². The van der Waals surface area contributed by atoms with Crippen LogP contribution in [0.15, 0.2) is 16.8 Å². The lowest BCUT2D eigenvalue weighted by Gasteiger charge is -2.24. The van der Waals surface area contributed by atoms with Gasteiger partial charge >= 0.3 is 0 Å². The standard InChI is InChI=1S/C11H18N2OS.ClH/c1-11(2,8-12)13-10(14)4-3-9-5-6-15-7-9;/h5-7H,3-4,8,12H2,1-2H3,(H,13,14);1H. The molecule has 3 nitrogen and oxygen atoms in total. The molecule has 1 aromatic rings. The van der Waals surface area contributed by atoms with E-state index in [1.807, 2.05) is 25.3 Å². The molecule has 0 atom stereocenters. The molecule has 16 heavy (non-hydrogen) atoms. The minimum Gasteiger partial charge on any atom is -0.350 e. The van der Waals surface area contributed by atoms with Crippen molar-refractivity contribution in [2.24, 2.45) is 5.73 Å². The van der Waals surface area contributed by atoms with Crippen LogP contribution in [-0.4, -0.2) is 18.0 Å². The fraction of sp³-hybridized carbons (Fsp3) is 0.545. The first kappa shape index (κ1) is 15.4. The first-order valence-electron chi connectivity index (χ1n) is 5.06. The van der Waals surface area contributed by atoms with Crippen molar-refractivity contribution in [2.45, 2.75) is 32.2 Å². The number of aryl methyl sites for hydroxylation is 1. The molecule has 0 fully saturated rings. The van der Waals surface area contributed by atoms with Gasteiger partial charge in [-0.2, -0.15) is 11.3 Å². The third kappa shape index (κ3) is 5.49. The first-order valence-corrected chi connectivity index (χ1v) is 6.00. The predicted molar refractivity (Wildman–Crippen MR) is 71.2 cm³/mol. The van der Waals surface area contributed by atoms with Crippen LogP contribution in [0.3, 0.4) is 0 Å². The lowest BCUT2D eigenvalue weighted by Crippen LogP contribution is -2.48. The molecule has 0 saturated carbocycles. The van der Waals surface area contributed by atoms with Crippen molar-refractivity contribution in [1.29, 1.82) is 0 Å². The summed E-state index contributed by atoms with van der Waals surface area (Å²) in [6.07, 6.45) is 1.33. The molecular weight excluding hydrogens is 244 g/mol. The molecule has 0 aliphatic rings. The zero-order chi connectivity index (χ0) is 11.3. The summed E-state index contributed by atoms with van der Waals surface area (Å²) in [5, 5.41) is 7.00. The molecule has 1 heterocycles. The quantitative estimate of drug-likeness (QED) is 0.852. The summed E-state index contributed by atoms with van der Waals surface area (Å²) in [6, 6.07) is 2.05. The fourth-order valence-corrected chi connectivity index (χ4v) is 1.89. The van der Waals surface area contributed by atoms with Gasteiger partial charge in [0.1, 0.15) is 0 Å². The van der Waals surface area contributed by atoms with Crippen LogP contribution in [-0.2, 0) is 11.2 Å². The monoisotopic (exact) mass is 262 g/mol. The maximum atomic E-state index is 11.5. The summed E-state index contributed by atoms with van der Waals surface area (Å²) < 4.78 is 0. The Labute approximate surface area is 107 Å². The Hall–Kier alpha value is -0.580. The molecule has 1 rings (SSSR count). The van der Waals surface area contributed by atoms with E-state index in [4.69, 9.17) is 5.73 Å². The van der Waals surface area contributed by atoms with E-state index in [0.717, 1.165) is 6.42 Å². The van der Waals surface area contributed by atoms with Crippen molar-refractivity contribution in [3.63, 3.8) is 0 Å². The number of hydrogen-bond acceptors (Lipinski definition) is 3. The largest absolute Gasteiger partial charge is 0.350 e. The van der Waals surface area contributed by atoms with Crippen LogP contribution in [0.4, 0.5) is 0 Å². The van der Waals surface area contributed by atoms with Crippen LogP contribution in [0, 0.1) is 0 Å². The van der Waals surface area contributed by atoms with E-state index in [0.29, 0.717) is 13.0 Å². The van der Waals surface area contributed by atoms with E-state index >= 15 is 0 Å². The molecule has 0 aliphatic carbocycles. The van der Waals surface area contributed by atoms with Crippen molar-refractivity contribution in [3.05, 3.63) is 22.4 Å². The van der Waals surface area contributed by atoms with E-state index in [9.17, 15) is 4.79 Å². The van der Waals surface area contributed by atoms with Gasteiger partial charge < -0.3 is 11.1 Å². The average Bonchev–Trinajstić information content (AvgIpc) is 2.66. The molecule has 0 aromatic carbocycles. The van der Waals surface area contributed by atoms with E-state index in [1.54, 1.807) is 11.3 Å². The summed E-state index contributed by atoms with van der Waals surface area (Å²) in [7, 11) is 0. The third-order valence-electron chi connectivity index (χ3n) is 2.21.